The van der Waals surface area contributed by atoms with Crippen LogP contribution in [0.1, 0.15) is 5.69 Å². The first kappa shape index (κ1) is 8.03. The Kier molecular flexibility index (Phi) is 2.45. The summed E-state index contributed by atoms with van der Waals surface area (Å²) < 4.78 is 12.4. The summed E-state index contributed by atoms with van der Waals surface area (Å²) >= 11 is 0. The molecule has 0 saturated heterocycles. The van der Waals surface area contributed by atoms with Gasteiger partial charge in [0.1, 0.15) is 0 Å². The predicted molar refractivity (Wildman–Crippen MR) is 40.7 cm³/mol. The number of aromatic nitrogens is 2. The fourth-order valence-electron chi connectivity index (χ4n) is 0.657. The van der Waals surface area contributed by atoms with Gasteiger partial charge in [0.2, 0.25) is 0 Å². The fraction of sp³-hybridized carbons (Fsp3) is 0.167. The molecule has 0 amide bonds. The summed E-state index contributed by atoms with van der Waals surface area (Å²) in [6.45, 7) is 0. The smallest absolute Gasteiger partial charge is 0.206 e. The largest absolute Gasteiger partial charge is 0.309 e. The molecular weight excluding hydrogens is 164 g/mol. The van der Waals surface area contributed by atoms with Crippen LogP contribution in [0.25, 0.3) is 0 Å². The van der Waals surface area contributed by atoms with Gasteiger partial charge in [0, 0.05) is 0 Å². The molecule has 1 atom stereocenters. The zero-order chi connectivity index (χ0) is 8.27. The van der Waals surface area contributed by atoms with Gasteiger partial charge in [-0.25, -0.2) is 9.97 Å². The van der Waals surface area contributed by atoms with Gasteiger partial charge in [-0.1, -0.05) is 9.24 Å². The van der Waals surface area contributed by atoms with Crippen molar-refractivity contribution in [3.05, 3.63) is 17.8 Å². The molecule has 1 rings (SSSR count). The van der Waals surface area contributed by atoms with Crippen molar-refractivity contribution in [2.75, 3.05) is 0 Å². The van der Waals surface area contributed by atoms with Gasteiger partial charge < -0.3 is 0 Å². The summed E-state index contributed by atoms with van der Waals surface area (Å²) in [5.74, 6) is 0. The Morgan fingerprint density at radius 2 is 2.36 bits per heavy atom. The molecule has 0 aromatic carbocycles. The third-order valence-electron chi connectivity index (χ3n) is 1.03. The minimum atomic E-state index is -0.789. The molecule has 11 heavy (non-hydrogen) atoms. The molecule has 0 aliphatic heterocycles. The van der Waals surface area contributed by atoms with Gasteiger partial charge in [-0.2, -0.15) is 9.65 Å². The third-order valence-corrected chi connectivity index (χ3v) is 1.33. The van der Waals surface area contributed by atoms with Crippen molar-refractivity contribution >= 4 is 14.7 Å². The zero-order valence-corrected chi connectivity index (χ0v) is 6.74. The van der Waals surface area contributed by atoms with Crippen LogP contribution >= 0.6 is 9.24 Å². The van der Waals surface area contributed by atoms with Crippen LogP contribution in [0.2, 0.25) is 0 Å². The van der Waals surface area contributed by atoms with Crippen LogP contribution in [-0.2, 0) is 6.42 Å². The molecule has 0 spiro atoms. The first-order valence-electron chi connectivity index (χ1n) is 2.88. The fourth-order valence-corrected chi connectivity index (χ4v) is 0.956. The molecule has 0 aliphatic carbocycles. The van der Waals surface area contributed by atoms with E-state index in [0.717, 1.165) is 0 Å². The number of nitriles is 1. The highest BCUT2D eigenvalue weighted by Gasteiger charge is 1.99. The quantitative estimate of drug-likeness (QED) is 0.445. The van der Waals surface area contributed by atoms with E-state index in [1.54, 1.807) is 6.07 Å². The average Bonchev–Trinajstić information content (AvgIpc) is 1.85. The molecule has 0 aliphatic rings. The summed E-state index contributed by atoms with van der Waals surface area (Å²) in [4.78, 5) is 6.80. The Hall–Kier alpha value is -1.07. The van der Waals surface area contributed by atoms with E-state index >= 15 is 0 Å². The molecule has 1 heterocycles. The minimum absolute atomic E-state index is 0.112. The lowest BCUT2D eigenvalue weighted by molar-refractivity contribution is 0.537. The highest BCUT2D eigenvalue weighted by atomic mass is 31.0. The molecule has 0 fully saturated rings. The monoisotopic (exact) mass is 169 g/mol. The molecule has 0 N–H and O–H groups in total. The van der Waals surface area contributed by atoms with E-state index in [0.29, 0.717) is 11.1 Å². The van der Waals surface area contributed by atoms with E-state index in [9.17, 15) is 4.39 Å². The van der Waals surface area contributed by atoms with Crippen molar-refractivity contribution in [1.82, 2.24) is 9.97 Å². The van der Waals surface area contributed by atoms with E-state index in [2.05, 4.69) is 19.2 Å². The van der Waals surface area contributed by atoms with Gasteiger partial charge in [0.15, 0.2) is 0 Å². The Balaban J connectivity index is 3.01. The van der Waals surface area contributed by atoms with Crippen LogP contribution in [0, 0.1) is 17.4 Å². The minimum Gasteiger partial charge on any atom is -0.206 e. The van der Waals surface area contributed by atoms with Gasteiger partial charge in [-0.3, -0.25) is 0 Å². The van der Waals surface area contributed by atoms with Crippen molar-refractivity contribution in [3.8, 4) is 6.07 Å². The molecular formula is C6H5FN3P. The lowest BCUT2D eigenvalue weighted by Gasteiger charge is -1.94. The number of hydrogen-bond acceptors (Lipinski definition) is 3. The molecule has 1 aromatic rings. The van der Waals surface area contributed by atoms with E-state index in [1.165, 1.54) is 0 Å². The zero-order valence-electron chi connectivity index (χ0n) is 5.58. The molecule has 1 unspecified atom stereocenters. The Morgan fingerprint density at radius 3 is 2.91 bits per heavy atom. The number of halogens is 1. The van der Waals surface area contributed by atoms with Crippen molar-refractivity contribution in [1.29, 1.82) is 5.26 Å². The Morgan fingerprint density at radius 1 is 1.64 bits per heavy atom. The maximum atomic E-state index is 12.4. The maximum Gasteiger partial charge on any atom is 0.309 e. The number of rotatable bonds is 1. The summed E-state index contributed by atoms with van der Waals surface area (Å²) in [6.07, 6.45) is -0.677. The van der Waals surface area contributed by atoms with Crippen LogP contribution < -0.4 is 5.44 Å². The SMILES string of the molecule is N#CCc1cc(P)nc(F)n1. The molecule has 0 radical (unpaired) electrons. The topological polar surface area (TPSA) is 49.6 Å². The second-order valence-electron chi connectivity index (χ2n) is 1.89. The van der Waals surface area contributed by atoms with E-state index in [4.69, 9.17) is 5.26 Å². The van der Waals surface area contributed by atoms with Crippen molar-refractivity contribution < 1.29 is 4.39 Å². The van der Waals surface area contributed by atoms with E-state index in [1.807, 2.05) is 6.07 Å². The van der Waals surface area contributed by atoms with Crippen LogP contribution in [0.4, 0.5) is 4.39 Å². The maximum absolute atomic E-state index is 12.4. The third kappa shape index (κ3) is 2.21. The second-order valence-corrected chi connectivity index (χ2v) is 2.48. The lowest BCUT2D eigenvalue weighted by Crippen LogP contribution is -2.06. The van der Waals surface area contributed by atoms with E-state index < -0.39 is 6.08 Å². The van der Waals surface area contributed by atoms with E-state index in [-0.39, 0.29) is 6.42 Å². The number of nitrogens with zero attached hydrogens (tertiary/aromatic N) is 3. The average molecular weight is 169 g/mol. The summed E-state index contributed by atoms with van der Waals surface area (Å²) in [5, 5.41) is 8.26. The van der Waals surface area contributed by atoms with Crippen molar-refractivity contribution in [2.45, 2.75) is 6.42 Å². The summed E-state index contributed by atoms with van der Waals surface area (Å²) in [5.41, 5.74) is 0.868. The van der Waals surface area contributed by atoms with Gasteiger partial charge in [-0.15, -0.1) is 0 Å². The van der Waals surface area contributed by atoms with Gasteiger partial charge in [0.05, 0.1) is 23.6 Å². The summed E-state index contributed by atoms with van der Waals surface area (Å²) in [6, 6.07) is 3.42. The van der Waals surface area contributed by atoms with Crippen molar-refractivity contribution in [2.24, 2.45) is 0 Å². The van der Waals surface area contributed by atoms with Crippen LogP contribution in [0.3, 0.4) is 0 Å². The molecule has 0 bridgehead atoms. The van der Waals surface area contributed by atoms with Crippen LogP contribution in [0.15, 0.2) is 6.07 Å². The first-order valence-corrected chi connectivity index (χ1v) is 3.46. The first-order chi connectivity index (χ1) is 5.22. The van der Waals surface area contributed by atoms with Crippen LogP contribution in [-0.4, -0.2) is 9.97 Å². The Labute approximate surface area is 65.5 Å². The highest BCUT2D eigenvalue weighted by molar-refractivity contribution is 7.26. The van der Waals surface area contributed by atoms with Crippen LogP contribution in [0.5, 0.6) is 0 Å². The van der Waals surface area contributed by atoms with Gasteiger partial charge in [-0.05, 0) is 6.07 Å². The number of hydrogen-bond donors (Lipinski definition) is 0. The molecule has 1 aromatic heterocycles. The standard InChI is InChI=1S/C6H5FN3P/c7-6-9-4(1-2-8)3-5(11)10-6/h3H,1,11H2. The molecule has 5 heteroatoms. The molecule has 3 nitrogen and oxygen atoms in total. The molecule has 56 valence electrons. The van der Waals surface area contributed by atoms with Gasteiger partial charge >= 0.3 is 6.08 Å². The highest BCUT2D eigenvalue weighted by Crippen LogP contribution is 1.95. The lowest BCUT2D eigenvalue weighted by atomic mass is 10.3. The normalized spacial score (nSPS) is 9.18. The predicted octanol–water partition coefficient (Wildman–Crippen LogP) is 0.182. The second kappa shape index (κ2) is 3.36. The summed E-state index contributed by atoms with van der Waals surface area (Å²) in [7, 11) is 2.25. The van der Waals surface area contributed by atoms with Gasteiger partial charge in [0.25, 0.3) is 0 Å². The Bertz CT molecular complexity index is 287. The van der Waals surface area contributed by atoms with Crippen molar-refractivity contribution in [3.63, 3.8) is 0 Å². The molecule has 0 saturated carbocycles.